The fourth-order valence-electron chi connectivity index (χ4n) is 2.32. The van der Waals surface area contributed by atoms with E-state index >= 15 is 0 Å². The Hall–Kier alpha value is -1.35. The maximum absolute atomic E-state index is 11.9. The molecule has 3 heteroatoms. The third-order valence-corrected chi connectivity index (χ3v) is 3.46. The molecular formula is C13H17NO2. The Balaban J connectivity index is 2.29. The summed E-state index contributed by atoms with van der Waals surface area (Å²) in [4.78, 5) is 13.6. The molecule has 1 aromatic rings. The van der Waals surface area contributed by atoms with E-state index in [0.29, 0.717) is 0 Å². The van der Waals surface area contributed by atoms with Crippen molar-refractivity contribution in [2.45, 2.75) is 18.9 Å². The Kier molecular flexibility index (Phi) is 2.72. The van der Waals surface area contributed by atoms with Crippen molar-refractivity contribution in [3.8, 4) is 0 Å². The second-order valence-corrected chi connectivity index (χ2v) is 4.61. The van der Waals surface area contributed by atoms with Crippen molar-refractivity contribution in [3.05, 3.63) is 35.9 Å². The Morgan fingerprint density at radius 3 is 2.50 bits per heavy atom. The number of aliphatic hydroxyl groups is 1. The molecule has 1 saturated heterocycles. The first-order valence-electron chi connectivity index (χ1n) is 5.56. The second kappa shape index (κ2) is 3.91. The number of nitrogens with zero attached hydrogens (tertiary/aromatic N) is 1. The van der Waals surface area contributed by atoms with E-state index in [2.05, 4.69) is 0 Å². The molecule has 0 aliphatic carbocycles. The molecule has 0 saturated carbocycles. The van der Waals surface area contributed by atoms with Crippen molar-refractivity contribution in [2.75, 3.05) is 13.6 Å². The van der Waals surface area contributed by atoms with Gasteiger partial charge in [0, 0.05) is 13.6 Å². The summed E-state index contributed by atoms with van der Waals surface area (Å²) in [7, 11) is 1.78. The predicted molar refractivity (Wildman–Crippen MR) is 61.8 cm³/mol. The molecule has 1 fully saturated rings. The van der Waals surface area contributed by atoms with Crippen molar-refractivity contribution in [2.24, 2.45) is 5.92 Å². The molecule has 1 heterocycles. The summed E-state index contributed by atoms with van der Waals surface area (Å²) in [5.74, 6) is -0.284. The van der Waals surface area contributed by atoms with Gasteiger partial charge in [0.2, 0.25) is 5.91 Å². The van der Waals surface area contributed by atoms with Gasteiger partial charge >= 0.3 is 0 Å². The Morgan fingerprint density at radius 1 is 1.38 bits per heavy atom. The fraction of sp³-hybridized carbons (Fsp3) is 0.462. The molecule has 0 unspecified atom stereocenters. The van der Waals surface area contributed by atoms with Gasteiger partial charge in [-0.3, -0.25) is 4.79 Å². The zero-order valence-electron chi connectivity index (χ0n) is 9.68. The molecule has 0 bridgehead atoms. The molecule has 0 spiro atoms. The van der Waals surface area contributed by atoms with E-state index in [0.717, 1.165) is 18.5 Å². The normalized spacial score (nSPS) is 24.6. The number of carbonyl (C=O) groups excluding carboxylic acids is 1. The maximum atomic E-state index is 11.9. The van der Waals surface area contributed by atoms with Crippen LogP contribution in [0.5, 0.6) is 0 Å². The summed E-state index contributed by atoms with van der Waals surface area (Å²) in [6.07, 6.45) is 0.719. The van der Waals surface area contributed by atoms with Crippen molar-refractivity contribution in [3.63, 3.8) is 0 Å². The zero-order valence-corrected chi connectivity index (χ0v) is 9.68. The lowest BCUT2D eigenvalue weighted by Gasteiger charge is -2.29. The molecule has 1 N–H and O–H groups in total. The molecule has 1 aliphatic rings. The van der Waals surface area contributed by atoms with Gasteiger partial charge in [-0.05, 0) is 18.9 Å². The Labute approximate surface area is 95.7 Å². The number of carbonyl (C=O) groups is 1. The Bertz CT molecular complexity index is 386. The van der Waals surface area contributed by atoms with E-state index < -0.39 is 5.60 Å². The summed E-state index contributed by atoms with van der Waals surface area (Å²) < 4.78 is 0. The molecular weight excluding hydrogens is 202 g/mol. The third-order valence-electron chi connectivity index (χ3n) is 3.46. The van der Waals surface area contributed by atoms with E-state index in [1.54, 1.807) is 18.9 Å². The minimum absolute atomic E-state index is 0.0360. The lowest BCUT2D eigenvalue weighted by molar-refractivity contribution is -0.137. The van der Waals surface area contributed by atoms with Crippen molar-refractivity contribution >= 4 is 5.91 Å². The molecule has 2 rings (SSSR count). The number of rotatable bonds is 2. The van der Waals surface area contributed by atoms with Crippen molar-refractivity contribution in [1.29, 1.82) is 0 Å². The number of hydrogen-bond donors (Lipinski definition) is 1. The zero-order chi connectivity index (χ0) is 11.8. The van der Waals surface area contributed by atoms with E-state index in [4.69, 9.17) is 0 Å². The molecule has 1 aliphatic heterocycles. The highest BCUT2D eigenvalue weighted by atomic mass is 16.3. The average Bonchev–Trinajstić information content (AvgIpc) is 2.61. The van der Waals surface area contributed by atoms with Crippen molar-refractivity contribution < 1.29 is 9.90 Å². The highest BCUT2D eigenvalue weighted by molar-refractivity contribution is 5.82. The van der Waals surface area contributed by atoms with Gasteiger partial charge in [0.15, 0.2) is 0 Å². The number of amides is 1. The molecule has 1 amide bonds. The van der Waals surface area contributed by atoms with Crippen LogP contribution in [-0.4, -0.2) is 29.5 Å². The van der Waals surface area contributed by atoms with Crippen LogP contribution in [0.15, 0.2) is 30.3 Å². The van der Waals surface area contributed by atoms with Crippen LogP contribution in [0.3, 0.4) is 0 Å². The number of likely N-dealkylation sites (tertiary alicyclic amines) is 1. The summed E-state index contributed by atoms with van der Waals surface area (Å²) in [6, 6.07) is 9.40. The van der Waals surface area contributed by atoms with Crippen LogP contribution in [0.4, 0.5) is 0 Å². The van der Waals surface area contributed by atoms with E-state index in [1.807, 2.05) is 30.3 Å². The highest BCUT2D eigenvalue weighted by Crippen LogP contribution is 2.35. The van der Waals surface area contributed by atoms with Gasteiger partial charge in [0.1, 0.15) is 0 Å². The van der Waals surface area contributed by atoms with Gasteiger partial charge in [-0.1, -0.05) is 30.3 Å². The molecule has 3 nitrogen and oxygen atoms in total. The van der Waals surface area contributed by atoms with Gasteiger partial charge in [-0.15, -0.1) is 0 Å². The first-order chi connectivity index (χ1) is 7.53. The fourth-order valence-corrected chi connectivity index (χ4v) is 2.32. The predicted octanol–water partition coefficient (Wildman–Crippen LogP) is 1.37. The molecule has 16 heavy (non-hydrogen) atoms. The van der Waals surface area contributed by atoms with Crippen LogP contribution in [0.25, 0.3) is 0 Å². The van der Waals surface area contributed by atoms with E-state index in [1.165, 1.54) is 0 Å². The molecule has 1 aromatic carbocycles. The summed E-state index contributed by atoms with van der Waals surface area (Å²) in [5.41, 5.74) is -0.257. The smallest absolute Gasteiger partial charge is 0.228 e. The molecule has 2 atom stereocenters. The highest BCUT2D eigenvalue weighted by Gasteiger charge is 2.43. The number of hydrogen-bond acceptors (Lipinski definition) is 2. The summed E-state index contributed by atoms with van der Waals surface area (Å²) in [6.45, 7) is 2.45. The number of benzene rings is 1. The van der Waals surface area contributed by atoms with E-state index in [9.17, 15) is 9.90 Å². The van der Waals surface area contributed by atoms with Gasteiger partial charge in [0.05, 0.1) is 11.5 Å². The molecule has 86 valence electrons. The Morgan fingerprint density at radius 2 is 2.00 bits per heavy atom. The quantitative estimate of drug-likeness (QED) is 0.816. The van der Waals surface area contributed by atoms with Crippen LogP contribution in [-0.2, 0) is 10.4 Å². The lowest BCUT2D eigenvalue weighted by atomic mass is 9.82. The minimum Gasteiger partial charge on any atom is -0.385 e. The first-order valence-corrected chi connectivity index (χ1v) is 5.56. The van der Waals surface area contributed by atoms with Gasteiger partial charge in [0.25, 0.3) is 0 Å². The minimum atomic E-state index is -1.07. The van der Waals surface area contributed by atoms with Gasteiger partial charge < -0.3 is 10.0 Å². The third kappa shape index (κ3) is 1.71. The summed E-state index contributed by atoms with van der Waals surface area (Å²) in [5, 5.41) is 10.5. The van der Waals surface area contributed by atoms with Crippen LogP contribution < -0.4 is 0 Å². The lowest BCUT2D eigenvalue weighted by Crippen LogP contribution is -2.37. The standard InChI is InChI=1S/C13H17NO2/c1-13(16,10-6-4-3-5-7-10)11-8-9-14(2)12(11)15/h3-7,11,16H,8-9H2,1-2H3/t11-,13+/m0/s1. The van der Waals surface area contributed by atoms with Crippen molar-refractivity contribution in [1.82, 2.24) is 4.90 Å². The van der Waals surface area contributed by atoms with E-state index in [-0.39, 0.29) is 11.8 Å². The average molecular weight is 219 g/mol. The second-order valence-electron chi connectivity index (χ2n) is 4.61. The SMILES string of the molecule is CN1CC[C@H]([C@](C)(O)c2ccccc2)C1=O. The first kappa shape index (κ1) is 11.1. The monoisotopic (exact) mass is 219 g/mol. The topological polar surface area (TPSA) is 40.5 Å². The van der Waals surface area contributed by atoms with Crippen LogP contribution in [0, 0.1) is 5.92 Å². The van der Waals surface area contributed by atoms with Crippen LogP contribution in [0.2, 0.25) is 0 Å². The molecule has 0 radical (unpaired) electrons. The van der Waals surface area contributed by atoms with Crippen LogP contribution in [0.1, 0.15) is 18.9 Å². The maximum Gasteiger partial charge on any atom is 0.228 e. The van der Waals surface area contributed by atoms with Gasteiger partial charge in [-0.2, -0.15) is 0 Å². The molecule has 0 aromatic heterocycles. The van der Waals surface area contributed by atoms with Crippen LogP contribution >= 0.6 is 0 Å². The van der Waals surface area contributed by atoms with Gasteiger partial charge in [-0.25, -0.2) is 0 Å². The summed E-state index contributed by atoms with van der Waals surface area (Å²) >= 11 is 0. The largest absolute Gasteiger partial charge is 0.385 e.